The Labute approximate surface area is 144 Å². The first-order valence-corrected chi connectivity index (χ1v) is 8.08. The molecular formula is C19H18F2N2O2. The van der Waals surface area contributed by atoms with E-state index in [0.717, 1.165) is 17.7 Å². The second kappa shape index (κ2) is 7.42. The second-order valence-electron chi connectivity index (χ2n) is 6.10. The minimum atomic E-state index is -0.913. The molecule has 1 fully saturated rings. The van der Waals surface area contributed by atoms with Crippen LogP contribution in [0.3, 0.4) is 0 Å². The van der Waals surface area contributed by atoms with Gasteiger partial charge in [-0.1, -0.05) is 36.4 Å². The molecule has 25 heavy (non-hydrogen) atoms. The number of rotatable bonds is 6. The molecule has 0 radical (unpaired) electrons. The molecule has 0 aliphatic heterocycles. The molecule has 0 saturated heterocycles. The van der Waals surface area contributed by atoms with Gasteiger partial charge < -0.3 is 10.6 Å². The number of benzene rings is 2. The third-order valence-corrected chi connectivity index (χ3v) is 4.25. The number of nitrogens with one attached hydrogen (secondary N) is 2. The lowest BCUT2D eigenvalue weighted by Gasteiger charge is -2.07. The number of carbonyl (C=O) groups is 2. The summed E-state index contributed by atoms with van der Waals surface area (Å²) < 4.78 is 26.2. The van der Waals surface area contributed by atoms with E-state index in [1.165, 1.54) is 6.07 Å². The van der Waals surface area contributed by atoms with Crippen molar-refractivity contribution in [2.45, 2.75) is 18.9 Å². The minimum absolute atomic E-state index is 0.104. The second-order valence-corrected chi connectivity index (χ2v) is 6.10. The maximum atomic E-state index is 13.2. The van der Waals surface area contributed by atoms with E-state index in [9.17, 15) is 18.4 Å². The third kappa shape index (κ3) is 4.41. The zero-order valence-corrected chi connectivity index (χ0v) is 13.5. The van der Waals surface area contributed by atoms with E-state index in [1.807, 2.05) is 30.3 Å². The van der Waals surface area contributed by atoms with Crippen molar-refractivity contribution in [1.29, 1.82) is 0 Å². The van der Waals surface area contributed by atoms with Crippen molar-refractivity contribution in [2.75, 3.05) is 6.54 Å². The van der Waals surface area contributed by atoms with Crippen molar-refractivity contribution >= 4 is 11.8 Å². The van der Waals surface area contributed by atoms with Crippen LogP contribution in [0.15, 0.2) is 48.5 Å². The topological polar surface area (TPSA) is 58.2 Å². The molecule has 0 spiro atoms. The Bertz CT molecular complexity index is 780. The first kappa shape index (κ1) is 17.1. The van der Waals surface area contributed by atoms with Gasteiger partial charge in [-0.3, -0.25) is 9.59 Å². The molecule has 1 aliphatic carbocycles. The predicted molar refractivity (Wildman–Crippen MR) is 88.5 cm³/mol. The van der Waals surface area contributed by atoms with Crippen molar-refractivity contribution in [1.82, 2.24) is 10.6 Å². The molecule has 2 N–H and O–H groups in total. The van der Waals surface area contributed by atoms with Crippen molar-refractivity contribution < 1.29 is 18.4 Å². The highest BCUT2D eigenvalue weighted by Gasteiger charge is 2.44. The van der Waals surface area contributed by atoms with Gasteiger partial charge in [0, 0.05) is 12.5 Å². The van der Waals surface area contributed by atoms with Crippen LogP contribution in [0.1, 0.15) is 23.5 Å². The minimum Gasteiger partial charge on any atom is -0.350 e. The average Bonchev–Trinajstić information content (AvgIpc) is 3.42. The molecule has 1 saturated carbocycles. The zero-order valence-electron chi connectivity index (χ0n) is 13.5. The Morgan fingerprint density at radius 3 is 2.48 bits per heavy atom. The fraction of sp³-hybridized carbons (Fsp3) is 0.263. The van der Waals surface area contributed by atoms with Crippen molar-refractivity contribution in [3.8, 4) is 0 Å². The third-order valence-electron chi connectivity index (χ3n) is 4.25. The molecule has 2 amide bonds. The number of hydrogen-bond acceptors (Lipinski definition) is 2. The summed E-state index contributed by atoms with van der Waals surface area (Å²) in [6.45, 7) is 0.295. The van der Waals surface area contributed by atoms with Gasteiger partial charge in [-0.05, 0) is 35.6 Å². The van der Waals surface area contributed by atoms with Crippen LogP contribution in [0.25, 0.3) is 0 Å². The Morgan fingerprint density at radius 2 is 1.76 bits per heavy atom. The lowest BCUT2D eigenvalue weighted by molar-refractivity contribution is -0.126. The van der Waals surface area contributed by atoms with Crippen molar-refractivity contribution in [3.63, 3.8) is 0 Å². The number of hydrogen-bond donors (Lipinski definition) is 2. The van der Waals surface area contributed by atoms with Crippen LogP contribution in [-0.4, -0.2) is 18.4 Å². The largest absolute Gasteiger partial charge is 0.350 e. The summed E-state index contributed by atoms with van der Waals surface area (Å²) in [6, 6.07) is 13.1. The Balaban J connectivity index is 1.42. The highest BCUT2D eigenvalue weighted by molar-refractivity contribution is 5.87. The van der Waals surface area contributed by atoms with Gasteiger partial charge in [0.1, 0.15) is 0 Å². The Morgan fingerprint density at radius 1 is 1.00 bits per heavy atom. The van der Waals surface area contributed by atoms with E-state index in [4.69, 9.17) is 0 Å². The molecular weight excluding hydrogens is 326 g/mol. The van der Waals surface area contributed by atoms with Crippen molar-refractivity contribution in [2.24, 2.45) is 5.92 Å². The molecule has 6 heteroatoms. The monoisotopic (exact) mass is 344 g/mol. The van der Waals surface area contributed by atoms with Gasteiger partial charge in [-0.2, -0.15) is 0 Å². The molecule has 0 bridgehead atoms. The highest BCUT2D eigenvalue weighted by atomic mass is 19.2. The van der Waals surface area contributed by atoms with Gasteiger partial charge in [-0.15, -0.1) is 0 Å². The first-order chi connectivity index (χ1) is 12.0. The lowest BCUT2D eigenvalue weighted by atomic mass is 10.1. The van der Waals surface area contributed by atoms with E-state index in [-0.39, 0.29) is 30.2 Å². The SMILES string of the molecule is O=C(CNC(=O)[C@H]1C[C@@H]1c1ccc(F)c(F)c1)NCc1ccccc1. The molecule has 130 valence electrons. The number of carbonyl (C=O) groups excluding carboxylic acids is 2. The summed E-state index contributed by atoms with van der Waals surface area (Å²) >= 11 is 0. The van der Waals surface area contributed by atoms with Crippen LogP contribution in [0.4, 0.5) is 8.78 Å². The van der Waals surface area contributed by atoms with Crippen LogP contribution < -0.4 is 10.6 Å². The molecule has 0 aromatic heterocycles. The van der Waals surface area contributed by atoms with Gasteiger partial charge >= 0.3 is 0 Å². The van der Waals surface area contributed by atoms with Gasteiger partial charge in [0.25, 0.3) is 0 Å². The number of amides is 2. The van der Waals surface area contributed by atoms with Gasteiger partial charge in [-0.25, -0.2) is 8.78 Å². The predicted octanol–water partition coefficient (Wildman–Crippen LogP) is 2.50. The van der Waals surface area contributed by atoms with Crippen LogP contribution in [0.5, 0.6) is 0 Å². The molecule has 4 nitrogen and oxygen atoms in total. The first-order valence-electron chi connectivity index (χ1n) is 8.08. The van der Waals surface area contributed by atoms with Crippen LogP contribution in [0, 0.1) is 17.6 Å². The number of halogens is 2. The van der Waals surface area contributed by atoms with Crippen LogP contribution >= 0.6 is 0 Å². The summed E-state index contributed by atoms with van der Waals surface area (Å²) in [7, 11) is 0. The standard InChI is InChI=1S/C19H18F2N2O2/c20-16-7-6-13(8-17(16)21)14-9-15(14)19(25)23-11-18(24)22-10-12-4-2-1-3-5-12/h1-8,14-15H,9-11H2,(H,22,24)(H,23,25)/t14-,15+/m1/s1. The zero-order chi connectivity index (χ0) is 17.8. The quantitative estimate of drug-likeness (QED) is 0.846. The van der Waals surface area contributed by atoms with E-state index < -0.39 is 11.6 Å². The van der Waals surface area contributed by atoms with Crippen LogP contribution in [0.2, 0.25) is 0 Å². The van der Waals surface area contributed by atoms with E-state index >= 15 is 0 Å². The van der Waals surface area contributed by atoms with Crippen LogP contribution in [-0.2, 0) is 16.1 Å². The molecule has 2 atom stereocenters. The Hall–Kier alpha value is -2.76. The van der Waals surface area contributed by atoms with E-state index in [1.54, 1.807) is 0 Å². The maximum Gasteiger partial charge on any atom is 0.239 e. The van der Waals surface area contributed by atoms with Crippen molar-refractivity contribution in [3.05, 3.63) is 71.3 Å². The summed E-state index contributed by atoms with van der Waals surface area (Å²) in [5, 5.41) is 5.31. The molecule has 2 aromatic rings. The summed E-state index contributed by atoms with van der Waals surface area (Å²) in [4.78, 5) is 23.8. The van der Waals surface area contributed by atoms with Gasteiger partial charge in [0.05, 0.1) is 6.54 Å². The molecule has 3 rings (SSSR count). The fourth-order valence-corrected chi connectivity index (χ4v) is 2.75. The fourth-order valence-electron chi connectivity index (χ4n) is 2.75. The molecule has 2 aromatic carbocycles. The van der Waals surface area contributed by atoms with E-state index in [2.05, 4.69) is 10.6 Å². The molecule has 1 aliphatic rings. The summed E-state index contributed by atoms with van der Waals surface area (Å²) in [5.74, 6) is -2.76. The lowest BCUT2D eigenvalue weighted by Crippen LogP contribution is -2.37. The normalized spacial score (nSPS) is 18.5. The molecule has 0 heterocycles. The maximum absolute atomic E-state index is 13.2. The smallest absolute Gasteiger partial charge is 0.239 e. The van der Waals surface area contributed by atoms with E-state index in [0.29, 0.717) is 18.5 Å². The molecule has 0 unspecified atom stereocenters. The summed E-state index contributed by atoms with van der Waals surface area (Å²) in [6.07, 6.45) is 0.572. The Kier molecular flexibility index (Phi) is 5.07. The van der Waals surface area contributed by atoms with Gasteiger partial charge in [0.2, 0.25) is 11.8 Å². The summed E-state index contributed by atoms with van der Waals surface area (Å²) in [5.41, 5.74) is 1.58. The highest BCUT2D eigenvalue weighted by Crippen LogP contribution is 2.47. The average molecular weight is 344 g/mol. The van der Waals surface area contributed by atoms with Gasteiger partial charge in [0.15, 0.2) is 11.6 Å².